The number of benzene rings is 1. The Morgan fingerprint density at radius 3 is 2.31 bits per heavy atom. The fraction of sp³-hybridized carbons (Fsp3) is 0.500. The van der Waals surface area contributed by atoms with Crippen LogP contribution in [-0.4, -0.2) is 11.1 Å². The highest BCUT2D eigenvalue weighted by Crippen LogP contribution is 2.20. The Hall–Kier alpha value is -1.31. The average molecular weight is 220 g/mol. The molecule has 1 aromatic rings. The highest BCUT2D eigenvalue weighted by Gasteiger charge is 2.23. The van der Waals surface area contributed by atoms with Crippen molar-refractivity contribution >= 4 is 5.97 Å². The molecule has 1 rings (SSSR count). The molecule has 88 valence electrons. The summed E-state index contributed by atoms with van der Waals surface area (Å²) in [5.41, 5.74) is 2.32. The predicted molar refractivity (Wildman–Crippen MR) is 65.5 cm³/mol. The second-order valence-corrected chi connectivity index (χ2v) is 4.52. The average Bonchev–Trinajstić information content (AvgIpc) is 2.27. The summed E-state index contributed by atoms with van der Waals surface area (Å²) in [5, 5.41) is 9.19. The molecule has 0 radical (unpaired) electrons. The van der Waals surface area contributed by atoms with Crippen LogP contribution in [0.4, 0.5) is 0 Å². The van der Waals surface area contributed by atoms with Crippen LogP contribution in [0, 0.1) is 18.8 Å². The van der Waals surface area contributed by atoms with Gasteiger partial charge in [0.2, 0.25) is 0 Å². The third-order valence-corrected chi connectivity index (χ3v) is 3.22. The van der Waals surface area contributed by atoms with Crippen molar-refractivity contribution in [3.63, 3.8) is 0 Å². The Bertz CT molecular complexity index is 340. The summed E-state index contributed by atoms with van der Waals surface area (Å²) in [6.07, 6.45) is 1.54. The zero-order chi connectivity index (χ0) is 12.1. The van der Waals surface area contributed by atoms with Crippen molar-refractivity contribution in [1.82, 2.24) is 0 Å². The van der Waals surface area contributed by atoms with Crippen molar-refractivity contribution in [3.05, 3.63) is 35.4 Å². The van der Waals surface area contributed by atoms with E-state index in [2.05, 4.69) is 0 Å². The lowest BCUT2D eigenvalue weighted by Gasteiger charge is -2.18. The van der Waals surface area contributed by atoms with Gasteiger partial charge in [-0.2, -0.15) is 0 Å². The first-order valence-electron chi connectivity index (χ1n) is 5.83. The molecule has 2 atom stereocenters. The van der Waals surface area contributed by atoms with Crippen LogP contribution in [0.25, 0.3) is 0 Å². The summed E-state index contributed by atoms with van der Waals surface area (Å²) >= 11 is 0. The number of carboxylic acid groups (broad SMARTS) is 1. The van der Waals surface area contributed by atoms with Crippen LogP contribution in [0.1, 0.15) is 31.4 Å². The van der Waals surface area contributed by atoms with Crippen molar-refractivity contribution in [2.75, 3.05) is 0 Å². The van der Waals surface area contributed by atoms with E-state index in [1.54, 1.807) is 0 Å². The lowest BCUT2D eigenvalue weighted by atomic mass is 9.86. The van der Waals surface area contributed by atoms with E-state index in [-0.39, 0.29) is 11.8 Å². The highest BCUT2D eigenvalue weighted by molar-refractivity contribution is 5.70. The quantitative estimate of drug-likeness (QED) is 0.826. The molecular weight excluding hydrogens is 200 g/mol. The normalized spacial score (nSPS) is 14.4. The molecule has 0 aliphatic rings. The minimum atomic E-state index is -0.685. The van der Waals surface area contributed by atoms with Crippen LogP contribution in [0.5, 0.6) is 0 Å². The van der Waals surface area contributed by atoms with Crippen LogP contribution < -0.4 is 0 Å². The van der Waals surface area contributed by atoms with E-state index >= 15 is 0 Å². The molecule has 0 amide bonds. The number of aliphatic carboxylic acids is 1. The molecule has 0 saturated carbocycles. The third kappa shape index (κ3) is 3.37. The smallest absolute Gasteiger partial charge is 0.307 e. The van der Waals surface area contributed by atoms with Gasteiger partial charge in [0.05, 0.1) is 5.92 Å². The summed E-state index contributed by atoms with van der Waals surface area (Å²) in [6.45, 7) is 6.08. The van der Waals surface area contributed by atoms with Crippen molar-refractivity contribution in [2.45, 2.75) is 33.6 Å². The van der Waals surface area contributed by atoms with Gasteiger partial charge in [0.25, 0.3) is 0 Å². The zero-order valence-corrected chi connectivity index (χ0v) is 10.2. The largest absolute Gasteiger partial charge is 0.481 e. The van der Waals surface area contributed by atoms with E-state index in [0.29, 0.717) is 6.42 Å². The van der Waals surface area contributed by atoms with Crippen LogP contribution >= 0.6 is 0 Å². The number of hydrogen-bond donors (Lipinski definition) is 1. The molecule has 1 N–H and O–H groups in total. The maximum absolute atomic E-state index is 11.2. The monoisotopic (exact) mass is 220 g/mol. The van der Waals surface area contributed by atoms with Crippen LogP contribution in [-0.2, 0) is 11.2 Å². The van der Waals surface area contributed by atoms with Gasteiger partial charge in [0.1, 0.15) is 0 Å². The molecule has 0 fully saturated rings. The van der Waals surface area contributed by atoms with Crippen molar-refractivity contribution in [1.29, 1.82) is 0 Å². The first kappa shape index (κ1) is 12.8. The van der Waals surface area contributed by atoms with Crippen molar-refractivity contribution < 1.29 is 9.90 Å². The molecule has 0 aliphatic carbocycles. The van der Waals surface area contributed by atoms with Gasteiger partial charge < -0.3 is 5.11 Å². The van der Waals surface area contributed by atoms with Gasteiger partial charge in [0.15, 0.2) is 0 Å². The van der Waals surface area contributed by atoms with Crippen LogP contribution in [0.15, 0.2) is 24.3 Å². The van der Waals surface area contributed by atoms with E-state index in [0.717, 1.165) is 12.0 Å². The highest BCUT2D eigenvalue weighted by atomic mass is 16.4. The van der Waals surface area contributed by atoms with Crippen molar-refractivity contribution in [2.24, 2.45) is 11.8 Å². The van der Waals surface area contributed by atoms with Gasteiger partial charge in [-0.1, -0.05) is 50.1 Å². The van der Waals surface area contributed by atoms with E-state index in [4.69, 9.17) is 0 Å². The van der Waals surface area contributed by atoms with Gasteiger partial charge in [-0.25, -0.2) is 0 Å². The summed E-state index contributed by atoms with van der Waals surface area (Å²) in [6, 6.07) is 8.11. The van der Waals surface area contributed by atoms with E-state index < -0.39 is 5.97 Å². The first-order chi connectivity index (χ1) is 7.54. The predicted octanol–water partition coefficient (Wildman–Crippen LogP) is 3.28. The van der Waals surface area contributed by atoms with Gasteiger partial charge in [-0.3, -0.25) is 4.79 Å². The van der Waals surface area contributed by atoms with Crippen molar-refractivity contribution in [3.8, 4) is 0 Å². The van der Waals surface area contributed by atoms with E-state index in [1.165, 1.54) is 5.56 Å². The molecule has 0 aromatic heterocycles. The molecular formula is C14H20O2. The Labute approximate surface area is 97.3 Å². The Kier molecular flexibility index (Phi) is 4.53. The molecule has 0 saturated heterocycles. The van der Waals surface area contributed by atoms with Crippen LogP contribution in [0.2, 0.25) is 0 Å². The maximum Gasteiger partial charge on any atom is 0.307 e. The molecule has 2 unspecified atom stereocenters. The third-order valence-electron chi connectivity index (χ3n) is 3.22. The lowest BCUT2D eigenvalue weighted by molar-refractivity contribution is -0.143. The molecule has 0 heterocycles. The van der Waals surface area contributed by atoms with Gasteiger partial charge in [-0.15, -0.1) is 0 Å². The van der Waals surface area contributed by atoms with E-state index in [1.807, 2.05) is 45.0 Å². The number of carbonyl (C=O) groups is 1. The summed E-state index contributed by atoms with van der Waals surface area (Å²) in [7, 11) is 0. The van der Waals surface area contributed by atoms with Crippen LogP contribution in [0.3, 0.4) is 0 Å². The lowest BCUT2D eigenvalue weighted by Crippen LogP contribution is -2.23. The minimum absolute atomic E-state index is 0.221. The molecule has 0 bridgehead atoms. The summed E-state index contributed by atoms with van der Waals surface area (Å²) < 4.78 is 0. The van der Waals surface area contributed by atoms with E-state index in [9.17, 15) is 9.90 Å². The molecule has 0 aliphatic heterocycles. The maximum atomic E-state index is 11.2. The Morgan fingerprint density at radius 1 is 1.31 bits per heavy atom. The molecule has 2 nitrogen and oxygen atoms in total. The first-order valence-corrected chi connectivity index (χ1v) is 5.83. The zero-order valence-electron chi connectivity index (χ0n) is 10.2. The number of aryl methyl sites for hydroxylation is 1. The van der Waals surface area contributed by atoms with Gasteiger partial charge >= 0.3 is 5.97 Å². The second-order valence-electron chi connectivity index (χ2n) is 4.52. The topological polar surface area (TPSA) is 37.3 Å². The molecule has 16 heavy (non-hydrogen) atoms. The number of carboxylic acids is 1. The Morgan fingerprint density at radius 2 is 1.88 bits per heavy atom. The second kappa shape index (κ2) is 5.69. The summed E-state index contributed by atoms with van der Waals surface area (Å²) in [4.78, 5) is 11.2. The fourth-order valence-electron chi connectivity index (χ4n) is 1.79. The Balaban J connectivity index is 2.75. The van der Waals surface area contributed by atoms with Gasteiger partial charge in [-0.05, 0) is 24.8 Å². The fourth-order valence-corrected chi connectivity index (χ4v) is 1.79. The SMILES string of the molecule is CCC(C)C(Cc1ccc(C)cc1)C(=O)O. The standard InChI is InChI=1S/C14H20O2/c1-4-11(3)13(14(15)16)9-12-7-5-10(2)6-8-12/h5-8,11,13H,4,9H2,1-3H3,(H,15,16). The number of hydrogen-bond acceptors (Lipinski definition) is 1. The minimum Gasteiger partial charge on any atom is -0.481 e. The van der Waals surface area contributed by atoms with Gasteiger partial charge in [0, 0.05) is 0 Å². The molecule has 1 aromatic carbocycles. The number of rotatable bonds is 5. The molecule has 0 spiro atoms. The molecule has 2 heteroatoms. The summed E-state index contributed by atoms with van der Waals surface area (Å²) in [5.74, 6) is -0.735.